The summed E-state index contributed by atoms with van der Waals surface area (Å²) in [5, 5.41) is 1.51. The Morgan fingerprint density at radius 2 is 1.34 bits per heavy atom. The average Bonchev–Trinajstić information content (AvgIpc) is 3.30. The number of carbonyl (C=O) groups is 4. The summed E-state index contributed by atoms with van der Waals surface area (Å²) in [6.07, 6.45) is 1.51. The van der Waals surface area contributed by atoms with Gasteiger partial charge in [-0.25, -0.2) is 4.79 Å². The topological polar surface area (TPSA) is 130 Å². The number of nitrogens with two attached hydrogens (primary N) is 1. The molecule has 0 saturated carbocycles. The van der Waals surface area contributed by atoms with Gasteiger partial charge in [0, 0.05) is 33.0 Å². The Labute approximate surface area is 182 Å². The van der Waals surface area contributed by atoms with Crippen molar-refractivity contribution >= 4 is 46.4 Å². The summed E-state index contributed by atoms with van der Waals surface area (Å²) in [6.45, 7) is 5.54. The second-order valence-corrected chi connectivity index (χ2v) is 6.94. The van der Waals surface area contributed by atoms with Crippen molar-refractivity contribution in [3.63, 3.8) is 0 Å². The van der Waals surface area contributed by atoms with Crippen molar-refractivity contribution in [2.75, 3.05) is 6.61 Å². The summed E-state index contributed by atoms with van der Waals surface area (Å²) in [5.41, 5.74) is 8.75. The van der Waals surface area contributed by atoms with Crippen LogP contribution in [0.2, 0.25) is 0 Å². The van der Waals surface area contributed by atoms with E-state index in [1.54, 1.807) is 57.2 Å². The first-order chi connectivity index (χ1) is 15.3. The van der Waals surface area contributed by atoms with E-state index >= 15 is 0 Å². The molecule has 0 aliphatic heterocycles. The molecular weight excluding hydrogens is 414 g/mol. The zero-order valence-electron chi connectivity index (χ0n) is 17.8. The van der Waals surface area contributed by atoms with E-state index in [1.807, 2.05) is 0 Å². The summed E-state index contributed by atoms with van der Waals surface area (Å²) in [6, 6.07) is 9.97. The number of ether oxygens (including phenoxy) is 1. The Morgan fingerprint density at radius 1 is 0.875 bits per heavy atom. The number of hydrogen-bond donors (Lipinski definition) is 1. The monoisotopic (exact) mass is 435 g/mol. The number of amides is 1. The molecule has 0 bridgehead atoms. The molecule has 2 N–H and O–H groups in total. The molecule has 32 heavy (non-hydrogen) atoms. The highest BCUT2D eigenvalue weighted by Crippen LogP contribution is 2.27. The molecule has 2 aromatic carbocycles. The summed E-state index contributed by atoms with van der Waals surface area (Å²) in [4.78, 5) is 43.9. The Morgan fingerprint density at radius 3 is 1.78 bits per heavy atom. The second-order valence-electron chi connectivity index (χ2n) is 6.94. The molecule has 0 spiro atoms. The van der Waals surface area contributed by atoms with Gasteiger partial charge in [0.2, 0.25) is 5.76 Å². The van der Waals surface area contributed by atoms with E-state index in [0.717, 1.165) is 23.3 Å². The van der Waals surface area contributed by atoms with Gasteiger partial charge < -0.3 is 19.3 Å². The smallest absolute Gasteiger partial charge is 0.374 e. The van der Waals surface area contributed by atoms with E-state index in [2.05, 4.69) is 0 Å². The molecule has 8 nitrogen and oxygen atoms in total. The van der Waals surface area contributed by atoms with E-state index in [4.69, 9.17) is 19.3 Å². The van der Waals surface area contributed by atoms with Crippen LogP contribution in [0.15, 0.2) is 45.2 Å². The standard InChI is InChI=1S/C13H12O4.C11H9NO3/c1-3-16-13(15)12-8(2)10-6-9(7-14)4-5-11(10)17-12;1-6-8-4-7(5-13)2-3-9(8)15-10(6)11(12)14/h4-7H,3H2,1-2H3;2-5H,1H3,(H2,12,14). The van der Waals surface area contributed by atoms with E-state index in [-0.39, 0.29) is 11.5 Å². The van der Waals surface area contributed by atoms with Gasteiger partial charge >= 0.3 is 5.97 Å². The second kappa shape index (κ2) is 9.30. The summed E-state index contributed by atoms with van der Waals surface area (Å²) in [7, 11) is 0. The molecule has 0 radical (unpaired) electrons. The maximum Gasteiger partial charge on any atom is 0.374 e. The van der Waals surface area contributed by atoms with Gasteiger partial charge in [0.05, 0.1) is 6.61 Å². The SMILES string of the molecule is CCOC(=O)c1oc2ccc(C=O)cc2c1C.Cc1c(C(N)=O)oc2ccc(C=O)cc12. The molecule has 8 heteroatoms. The highest BCUT2D eigenvalue weighted by Gasteiger charge is 2.18. The van der Waals surface area contributed by atoms with Crippen LogP contribution < -0.4 is 5.73 Å². The van der Waals surface area contributed by atoms with Gasteiger partial charge in [0.1, 0.15) is 23.7 Å². The van der Waals surface area contributed by atoms with Gasteiger partial charge in [-0.1, -0.05) is 0 Å². The molecule has 164 valence electrons. The number of benzene rings is 2. The van der Waals surface area contributed by atoms with Crippen LogP contribution in [0.1, 0.15) is 59.9 Å². The molecule has 0 saturated heterocycles. The van der Waals surface area contributed by atoms with E-state index in [1.165, 1.54) is 0 Å². The van der Waals surface area contributed by atoms with Crippen molar-refractivity contribution in [1.29, 1.82) is 0 Å². The van der Waals surface area contributed by atoms with E-state index in [9.17, 15) is 19.2 Å². The van der Waals surface area contributed by atoms with Gasteiger partial charge in [-0.15, -0.1) is 0 Å². The molecule has 0 atom stereocenters. The lowest BCUT2D eigenvalue weighted by atomic mass is 10.1. The molecule has 0 fully saturated rings. The number of rotatable bonds is 5. The van der Waals surface area contributed by atoms with Gasteiger partial charge in [0.25, 0.3) is 5.91 Å². The van der Waals surface area contributed by atoms with Crippen molar-refractivity contribution in [3.8, 4) is 0 Å². The molecule has 2 heterocycles. The van der Waals surface area contributed by atoms with Crippen molar-refractivity contribution in [2.45, 2.75) is 20.8 Å². The van der Waals surface area contributed by atoms with Gasteiger partial charge in [-0.2, -0.15) is 0 Å². The fourth-order valence-electron chi connectivity index (χ4n) is 3.25. The molecule has 2 aromatic heterocycles. The number of aryl methyl sites for hydroxylation is 2. The Hall–Kier alpha value is -4.20. The van der Waals surface area contributed by atoms with E-state index in [0.29, 0.717) is 40.0 Å². The minimum Gasteiger partial charge on any atom is -0.460 e. The van der Waals surface area contributed by atoms with Gasteiger partial charge in [-0.05, 0) is 57.2 Å². The largest absolute Gasteiger partial charge is 0.460 e. The molecular formula is C24H21NO7. The number of primary amides is 1. The zero-order chi connectivity index (χ0) is 23.4. The maximum atomic E-state index is 11.6. The number of aldehydes is 2. The first-order valence-electron chi connectivity index (χ1n) is 9.74. The first kappa shape index (κ1) is 22.5. The van der Waals surface area contributed by atoms with Crippen LogP contribution in [0.25, 0.3) is 21.9 Å². The van der Waals surface area contributed by atoms with Crippen molar-refractivity contribution in [1.82, 2.24) is 0 Å². The van der Waals surface area contributed by atoms with Crippen LogP contribution >= 0.6 is 0 Å². The van der Waals surface area contributed by atoms with Crippen molar-refractivity contribution in [2.24, 2.45) is 5.73 Å². The number of carbonyl (C=O) groups excluding carboxylic acids is 4. The third kappa shape index (κ3) is 4.29. The molecule has 0 aliphatic carbocycles. The van der Waals surface area contributed by atoms with Gasteiger partial charge in [0.15, 0.2) is 5.76 Å². The predicted molar refractivity (Wildman–Crippen MR) is 117 cm³/mol. The molecule has 4 aromatic rings. The minimum atomic E-state index is -0.601. The van der Waals surface area contributed by atoms with Crippen molar-refractivity contribution < 1.29 is 32.7 Å². The summed E-state index contributed by atoms with van der Waals surface area (Å²) < 4.78 is 15.6. The quantitative estimate of drug-likeness (QED) is 0.363. The van der Waals surface area contributed by atoms with Crippen LogP contribution in [0.5, 0.6) is 0 Å². The average molecular weight is 435 g/mol. The Kier molecular flexibility index (Phi) is 6.53. The highest BCUT2D eigenvalue weighted by atomic mass is 16.5. The minimum absolute atomic E-state index is 0.146. The maximum absolute atomic E-state index is 11.6. The molecule has 0 unspecified atom stereocenters. The molecule has 4 rings (SSSR count). The van der Waals surface area contributed by atoms with Crippen LogP contribution in [0, 0.1) is 13.8 Å². The highest BCUT2D eigenvalue weighted by molar-refractivity contribution is 5.99. The lowest BCUT2D eigenvalue weighted by Gasteiger charge is -1.97. The van der Waals surface area contributed by atoms with Crippen LogP contribution in [0.3, 0.4) is 0 Å². The fourth-order valence-corrected chi connectivity index (χ4v) is 3.25. The third-order valence-corrected chi connectivity index (χ3v) is 4.88. The fraction of sp³-hybridized carbons (Fsp3) is 0.167. The van der Waals surface area contributed by atoms with E-state index < -0.39 is 11.9 Å². The van der Waals surface area contributed by atoms with Crippen LogP contribution in [0.4, 0.5) is 0 Å². The Balaban J connectivity index is 0.000000182. The first-order valence-corrected chi connectivity index (χ1v) is 9.74. The summed E-state index contributed by atoms with van der Waals surface area (Å²) in [5.74, 6) is -0.733. The molecule has 1 amide bonds. The van der Waals surface area contributed by atoms with Crippen LogP contribution in [-0.2, 0) is 4.74 Å². The predicted octanol–water partition coefficient (Wildman–Crippen LogP) is 4.38. The van der Waals surface area contributed by atoms with Crippen molar-refractivity contribution in [3.05, 3.63) is 70.2 Å². The number of hydrogen-bond acceptors (Lipinski definition) is 7. The lowest BCUT2D eigenvalue weighted by Crippen LogP contribution is -2.10. The number of fused-ring (bicyclic) bond motifs is 2. The lowest BCUT2D eigenvalue weighted by molar-refractivity contribution is 0.0491. The normalized spacial score (nSPS) is 10.5. The Bertz CT molecular complexity index is 1340. The number of esters is 1. The number of furan rings is 2. The summed E-state index contributed by atoms with van der Waals surface area (Å²) >= 11 is 0. The third-order valence-electron chi connectivity index (χ3n) is 4.88. The molecule has 0 aliphatic rings. The van der Waals surface area contributed by atoms with Crippen LogP contribution in [-0.4, -0.2) is 31.1 Å². The zero-order valence-corrected chi connectivity index (χ0v) is 17.8. The van der Waals surface area contributed by atoms with Gasteiger partial charge in [-0.3, -0.25) is 14.4 Å².